The summed E-state index contributed by atoms with van der Waals surface area (Å²) in [6, 6.07) is 14.8. The lowest BCUT2D eigenvalue weighted by molar-refractivity contribution is -0.119. The molecule has 8 nitrogen and oxygen atoms in total. The first-order chi connectivity index (χ1) is 17.1. The van der Waals surface area contributed by atoms with Gasteiger partial charge in [0, 0.05) is 11.6 Å². The van der Waals surface area contributed by atoms with Gasteiger partial charge in [0.15, 0.2) is 11.5 Å². The lowest BCUT2D eigenvalue weighted by atomic mass is 10.1. The molecule has 0 aromatic heterocycles. The molecule has 0 bridgehead atoms. The fraction of sp³-hybridized carbons (Fsp3) is 0.269. The third-order valence-corrected chi connectivity index (χ3v) is 7.80. The average molecular weight is 533 g/mol. The number of halogens is 1. The molecule has 3 rings (SSSR count). The molecule has 3 aromatic carbocycles. The smallest absolute Gasteiger partial charge is 0.264 e. The Morgan fingerprint density at radius 1 is 0.944 bits per heavy atom. The Balaban J connectivity index is 1.90. The number of carbonyl (C=O) groups is 1. The van der Waals surface area contributed by atoms with E-state index in [-0.39, 0.29) is 11.4 Å². The Morgan fingerprint density at radius 2 is 1.56 bits per heavy atom. The maximum absolute atomic E-state index is 13.6. The number of aryl methyl sites for hydroxylation is 1. The highest BCUT2D eigenvalue weighted by molar-refractivity contribution is 7.92. The van der Waals surface area contributed by atoms with Crippen LogP contribution in [-0.4, -0.2) is 42.2 Å². The topological polar surface area (TPSA) is 94.2 Å². The van der Waals surface area contributed by atoms with Crippen LogP contribution >= 0.6 is 11.6 Å². The molecule has 0 aliphatic heterocycles. The van der Waals surface area contributed by atoms with Crippen LogP contribution in [0, 0.1) is 13.8 Å². The van der Waals surface area contributed by atoms with Crippen LogP contribution in [0.15, 0.2) is 59.5 Å². The van der Waals surface area contributed by atoms with Gasteiger partial charge >= 0.3 is 0 Å². The van der Waals surface area contributed by atoms with Gasteiger partial charge in [-0.25, -0.2) is 8.42 Å². The maximum Gasteiger partial charge on any atom is 0.264 e. The Bertz CT molecular complexity index is 1320. The van der Waals surface area contributed by atoms with Crippen molar-refractivity contribution in [2.45, 2.75) is 25.3 Å². The lowest BCUT2D eigenvalue weighted by Crippen LogP contribution is -2.41. The highest BCUT2D eigenvalue weighted by Crippen LogP contribution is 2.38. The Kier molecular flexibility index (Phi) is 8.70. The highest BCUT2D eigenvalue weighted by atomic mass is 35.5. The second-order valence-electron chi connectivity index (χ2n) is 8.02. The molecule has 0 unspecified atom stereocenters. The second kappa shape index (κ2) is 11.5. The molecule has 0 atom stereocenters. The summed E-state index contributed by atoms with van der Waals surface area (Å²) in [6.07, 6.45) is 0. The third kappa shape index (κ3) is 5.85. The van der Waals surface area contributed by atoms with Gasteiger partial charge in [0.25, 0.3) is 10.0 Å². The molecule has 3 aromatic rings. The first kappa shape index (κ1) is 27.2. The second-order valence-corrected chi connectivity index (χ2v) is 10.3. The standard InChI is InChI=1S/C26H29ClN2O6S/c1-17-9-11-20(12-10-17)36(31,32)29(22-8-6-7-21(27)18(22)2)16-25(30)28-15-19-13-23(33-3)26(35-5)24(14-19)34-4/h6-14H,15-16H2,1-5H3,(H,28,30). The van der Waals surface area contributed by atoms with E-state index >= 15 is 0 Å². The van der Waals surface area contributed by atoms with Gasteiger partial charge in [0.05, 0.1) is 31.9 Å². The molecule has 0 aliphatic rings. The van der Waals surface area contributed by atoms with E-state index in [0.717, 1.165) is 9.87 Å². The largest absolute Gasteiger partial charge is 0.493 e. The molecule has 0 spiro atoms. The number of rotatable bonds is 10. The molecule has 1 N–H and O–H groups in total. The summed E-state index contributed by atoms with van der Waals surface area (Å²) in [5, 5.41) is 3.17. The van der Waals surface area contributed by atoms with Gasteiger partial charge in [0.1, 0.15) is 6.54 Å². The van der Waals surface area contributed by atoms with Gasteiger partial charge in [-0.05, 0) is 61.4 Å². The molecule has 192 valence electrons. The number of nitrogens with zero attached hydrogens (tertiary/aromatic N) is 1. The van der Waals surface area contributed by atoms with Crippen molar-refractivity contribution in [3.63, 3.8) is 0 Å². The average Bonchev–Trinajstić information content (AvgIpc) is 2.87. The minimum absolute atomic E-state index is 0.0740. The zero-order valence-corrected chi connectivity index (χ0v) is 22.4. The fourth-order valence-corrected chi connectivity index (χ4v) is 5.28. The molecule has 36 heavy (non-hydrogen) atoms. The minimum Gasteiger partial charge on any atom is -0.493 e. The predicted molar refractivity (Wildman–Crippen MR) is 140 cm³/mol. The summed E-state index contributed by atoms with van der Waals surface area (Å²) in [4.78, 5) is 13.1. The number of anilines is 1. The van der Waals surface area contributed by atoms with Crippen LogP contribution in [0.1, 0.15) is 16.7 Å². The molecule has 0 saturated carbocycles. The summed E-state index contributed by atoms with van der Waals surface area (Å²) >= 11 is 6.28. The zero-order chi connectivity index (χ0) is 26.5. The van der Waals surface area contributed by atoms with Crippen molar-refractivity contribution in [2.24, 2.45) is 0 Å². The van der Waals surface area contributed by atoms with Crippen molar-refractivity contribution < 1.29 is 27.4 Å². The number of methoxy groups -OCH3 is 3. The van der Waals surface area contributed by atoms with Crippen molar-refractivity contribution in [3.05, 3.63) is 76.3 Å². The van der Waals surface area contributed by atoms with Crippen LogP contribution in [0.5, 0.6) is 17.2 Å². The van der Waals surface area contributed by atoms with E-state index in [1.807, 2.05) is 6.92 Å². The molecular formula is C26H29ClN2O6S. The van der Waals surface area contributed by atoms with Crippen molar-refractivity contribution >= 4 is 33.2 Å². The van der Waals surface area contributed by atoms with Gasteiger partial charge in [0.2, 0.25) is 11.7 Å². The number of hydrogen-bond donors (Lipinski definition) is 1. The molecule has 0 aliphatic carbocycles. The van der Waals surface area contributed by atoms with Crippen LogP contribution in [0.2, 0.25) is 5.02 Å². The van der Waals surface area contributed by atoms with E-state index in [4.69, 9.17) is 25.8 Å². The summed E-state index contributed by atoms with van der Waals surface area (Å²) in [7, 11) is 0.443. The van der Waals surface area contributed by atoms with Gasteiger partial charge in [-0.3, -0.25) is 9.10 Å². The third-order valence-electron chi connectivity index (χ3n) is 5.62. The summed E-state index contributed by atoms with van der Waals surface area (Å²) in [5.74, 6) is 0.819. The normalized spacial score (nSPS) is 11.1. The van der Waals surface area contributed by atoms with Crippen LogP contribution in [0.3, 0.4) is 0 Å². The van der Waals surface area contributed by atoms with E-state index in [9.17, 15) is 13.2 Å². The number of ether oxygens (including phenoxy) is 3. The first-order valence-corrected chi connectivity index (χ1v) is 12.8. The number of nitrogens with one attached hydrogen (secondary N) is 1. The molecule has 1 amide bonds. The van der Waals surface area contributed by atoms with Gasteiger partial charge in [-0.2, -0.15) is 0 Å². The van der Waals surface area contributed by atoms with E-state index in [2.05, 4.69) is 5.32 Å². The van der Waals surface area contributed by atoms with Crippen LogP contribution in [0.25, 0.3) is 0 Å². The molecule has 0 radical (unpaired) electrons. The van der Waals surface area contributed by atoms with Crippen LogP contribution < -0.4 is 23.8 Å². The van der Waals surface area contributed by atoms with Crippen molar-refractivity contribution in [2.75, 3.05) is 32.2 Å². The van der Waals surface area contributed by atoms with Crippen molar-refractivity contribution in [3.8, 4) is 17.2 Å². The van der Waals surface area contributed by atoms with Gasteiger partial charge in [-0.1, -0.05) is 35.4 Å². The predicted octanol–water partition coefficient (Wildman–Crippen LogP) is 4.49. The first-order valence-electron chi connectivity index (χ1n) is 11.0. The molecule has 0 saturated heterocycles. The number of sulfonamides is 1. The van der Waals surface area contributed by atoms with E-state index in [1.165, 1.54) is 33.5 Å². The number of carbonyl (C=O) groups excluding carboxylic acids is 1. The Labute approximate surface area is 216 Å². The van der Waals surface area contributed by atoms with Crippen LogP contribution in [-0.2, 0) is 21.4 Å². The van der Waals surface area contributed by atoms with E-state index < -0.39 is 22.5 Å². The molecule has 10 heteroatoms. The monoisotopic (exact) mass is 532 g/mol. The number of hydrogen-bond acceptors (Lipinski definition) is 6. The summed E-state index contributed by atoms with van der Waals surface area (Å²) < 4.78 is 44.3. The SMILES string of the molecule is COc1cc(CNC(=O)CN(c2cccc(Cl)c2C)S(=O)(=O)c2ccc(C)cc2)cc(OC)c1OC. The summed E-state index contributed by atoms with van der Waals surface area (Å²) in [6.45, 7) is 3.25. The van der Waals surface area contributed by atoms with Gasteiger partial charge in [-0.15, -0.1) is 0 Å². The maximum atomic E-state index is 13.6. The fourth-order valence-electron chi connectivity index (χ4n) is 3.63. The highest BCUT2D eigenvalue weighted by Gasteiger charge is 2.29. The zero-order valence-electron chi connectivity index (χ0n) is 20.8. The minimum atomic E-state index is -4.06. The lowest BCUT2D eigenvalue weighted by Gasteiger charge is -2.26. The van der Waals surface area contributed by atoms with Crippen molar-refractivity contribution in [1.82, 2.24) is 5.32 Å². The molecule has 0 heterocycles. The molecular weight excluding hydrogens is 504 g/mol. The van der Waals surface area contributed by atoms with E-state index in [1.54, 1.807) is 49.4 Å². The quantitative estimate of drug-likeness (QED) is 0.413. The Hall–Kier alpha value is -3.43. The van der Waals surface area contributed by atoms with Crippen LogP contribution in [0.4, 0.5) is 5.69 Å². The Morgan fingerprint density at radius 3 is 2.11 bits per heavy atom. The number of amides is 1. The van der Waals surface area contributed by atoms with E-state index in [0.29, 0.717) is 39.1 Å². The number of benzene rings is 3. The van der Waals surface area contributed by atoms with Crippen molar-refractivity contribution in [1.29, 1.82) is 0 Å². The van der Waals surface area contributed by atoms with Gasteiger partial charge < -0.3 is 19.5 Å². The molecule has 0 fully saturated rings. The summed E-state index contributed by atoms with van der Waals surface area (Å²) in [5.41, 5.74) is 2.48.